The van der Waals surface area contributed by atoms with Crippen LogP contribution < -0.4 is 11.1 Å². The van der Waals surface area contributed by atoms with E-state index >= 15 is 0 Å². The number of para-hydroxylation sites is 1. The van der Waals surface area contributed by atoms with Crippen LogP contribution >= 0.6 is 11.6 Å². The second-order valence-electron chi connectivity index (χ2n) is 15.1. The van der Waals surface area contributed by atoms with Crippen LogP contribution in [0.15, 0.2) is 36.4 Å². The number of carbonyl (C=O) groups is 3. The molecule has 4 heterocycles. The topological polar surface area (TPSA) is 105 Å². The Hall–Kier alpha value is -3.55. The number of fused-ring (bicyclic) bond motifs is 1. The summed E-state index contributed by atoms with van der Waals surface area (Å²) in [6.07, 6.45) is 1.26. The van der Waals surface area contributed by atoms with Crippen LogP contribution in [0.2, 0.25) is 5.02 Å². The first-order valence-electron chi connectivity index (χ1n) is 18.8. The highest BCUT2D eigenvalue weighted by atomic mass is 35.5. The number of anilines is 2. The van der Waals surface area contributed by atoms with Crippen LogP contribution in [0.3, 0.4) is 0 Å². The van der Waals surface area contributed by atoms with Gasteiger partial charge in [0.2, 0.25) is 11.8 Å². The van der Waals surface area contributed by atoms with Crippen LogP contribution in [0, 0.1) is 5.92 Å². The van der Waals surface area contributed by atoms with Gasteiger partial charge in [-0.2, -0.15) is 13.2 Å². The molecule has 3 N–H and O–H groups in total. The number of hydrogen-bond donors (Lipinski definition) is 2. The SMILES string of the molecule is Nc1c(Cl)cc(CC(CC(=O)N2CCC(N3CCc4ccccc4NC3=O)CC2)C(=O)N2CCC(N3CCN(C4CC4)CC3)CC2)cc1C(F)(F)F. The molecule has 4 fully saturated rings. The minimum Gasteiger partial charge on any atom is -0.397 e. The van der Waals surface area contributed by atoms with E-state index in [0.29, 0.717) is 51.6 Å². The summed E-state index contributed by atoms with van der Waals surface area (Å²) in [7, 11) is 0. The van der Waals surface area contributed by atoms with E-state index in [1.165, 1.54) is 18.9 Å². The van der Waals surface area contributed by atoms with E-state index in [9.17, 15) is 27.6 Å². The fourth-order valence-corrected chi connectivity index (χ4v) is 8.92. The standard InChI is InChI=1S/C38H49ClF3N7O3/c39-32-23-25(22-31(35(32)43)38(40,41)42)21-27(36(51)48-14-8-29(9-15-48)46-19-17-45(18-20-46)28-5-6-28)24-34(50)47-12-10-30(11-13-47)49-16-7-26-3-1-2-4-33(26)44-37(49)52/h1-4,22-23,27-30H,5-21,24,43H2,(H,44,52). The van der Waals surface area contributed by atoms with Crippen LogP contribution in [0.1, 0.15) is 61.6 Å². The van der Waals surface area contributed by atoms with E-state index in [0.717, 1.165) is 68.8 Å². The lowest BCUT2D eigenvalue weighted by molar-refractivity contribution is -0.143. The Kier molecular flexibility index (Phi) is 10.9. The third-order valence-electron chi connectivity index (χ3n) is 11.9. The lowest BCUT2D eigenvalue weighted by Gasteiger charge is -2.43. The Morgan fingerprint density at radius 1 is 0.827 bits per heavy atom. The first kappa shape index (κ1) is 36.8. The molecule has 52 heavy (non-hydrogen) atoms. The minimum atomic E-state index is -4.72. The number of piperidine rings is 2. The third-order valence-corrected chi connectivity index (χ3v) is 12.2. The van der Waals surface area contributed by atoms with E-state index in [-0.39, 0.29) is 47.3 Å². The van der Waals surface area contributed by atoms with Crippen molar-refractivity contribution in [3.63, 3.8) is 0 Å². The molecule has 2 aromatic carbocycles. The Bertz CT molecular complexity index is 1630. The smallest absolute Gasteiger partial charge is 0.397 e. The van der Waals surface area contributed by atoms with Gasteiger partial charge < -0.3 is 25.8 Å². The molecule has 1 atom stereocenters. The van der Waals surface area contributed by atoms with Gasteiger partial charge in [0.25, 0.3) is 0 Å². The first-order chi connectivity index (χ1) is 24.9. The van der Waals surface area contributed by atoms with Gasteiger partial charge in [0.1, 0.15) is 0 Å². The summed E-state index contributed by atoms with van der Waals surface area (Å²) in [6.45, 7) is 6.72. The van der Waals surface area contributed by atoms with E-state index in [1.54, 1.807) is 9.80 Å². The maximum Gasteiger partial charge on any atom is 0.418 e. The number of alkyl halides is 3. The summed E-state index contributed by atoms with van der Waals surface area (Å²) in [4.78, 5) is 51.6. The van der Waals surface area contributed by atoms with Crippen molar-refractivity contribution in [1.82, 2.24) is 24.5 Å². The molecule has 1 saturated carbocycles. The number of carbonyl (C=O) groups excluding carboxylic acids is 3. The number of nitrogens with one attached hydrogen (secondary N) is 1. The summed E-state index contributed by atoms with van der Waals surface area (Å²) in [5.41, 5.74) is 6.23. The Balaban J connectivity index is 0.998. The summed E-state index contributed by atoms with van der Waals surface area (Å²) in [5.74, 6) is -1.30. The average Bonchev–Trinajstić information content (AvgIpc) is 4.00. The molecule has 0 bridgehead atoms. The van der Waals surface area contributed by atoms with Gasteiger partial charge in [-0.3, -0.25) is 19.4 Å². The lowest BCUT2D eigenvalue weighted by Crippen LogP contribution is -2.54. The molecule has 0 aromatic heterocycles. The maximum atomic E-state index is 14.2. The molecule has 3 saturated heterocycles. The van der Waals surface area contributed by atoms with Gasteiger partial charge in [0.05, 0.1) is 22.2 Å². The van der Waals surface area contributed by atoms with Crippen molar-refractivity contribution in [2.45, 2.75) is 82.1 Å². The quantitative estimate of drug-likeness (QED) is 0.354. The van der Waals surface area contributed by atoms with Gasteiger partial charge in [-0.15, -0.1) is 0 Å². The average molecular weight is 744 g/mol. The number of halogens is 4. The fraction of sp³-hybridized carbons (Fsp3) is 0.605. The zero-order valence-corrected chi connectivity index (χ0v) is 30.3. The number of nitrogens with two attached hydrogens (primary N) is 1. The lowest BCUT2D eigenvalue weighted by atomic mass is 9.91. The molecule has 0 spiro atoms. The van der Waals surface area contributed by atoms with Crippen molar-refractivity contribution >= 4 is 40.8 Å². The van der Waals surface area contributed by atoms with Crippen molar-refractivity contribution < 1.29 is 27.6 Å². The van der Waals surface area contributed by atoms with Crippen molar-refractivity contribution in [3.05, 3.63) is 58.1 Å². The maximum absolute atomic E-state index is 14.2. The van der Waals surface area contributed by atoms with Gasteiger partial charge in [-0.1, -0.05) is 29.8 Å². The monoisotopic (exact) mass is 743 g/mol. The molecular formula is C38H49ClF3N7O3. The van der Waals surface area contributed by atoms with Crippen LogP contribution in [0.5, 0.6) is 0 Å². The van der Waals surface area contributed by atoms with Crippen LogP contribution in [-0.2, 0) is 28.6 Å². The number of urea groups is 1. The first-order valence-corrected chi connectivity index (χ1v) is 19.2. The van der Waals surface area contributed by atoms with E-state index in [1.807, 2.05) is 29.2 Å². The molecule has 2 aromatic rings. The molecule has 5 aliphatic rings. The molecule has 0 radical (unpaired) electrons. The molecule has 4 aliphatic heterocycles. The van der Waals surface area contributed by atoms with Gasteiger partial charge in [-0.05, 0) is 80.7 Å². The van der Waals surface area contributed by atoms with E-state index in [4.69, 9.17) is 17.3 Å². The highest BCUT2D eigenvalue weighted by molar-refractivity contribution is 6.33. The number of benzene rings is 2. The Morgan fingerprint density at radius 2 is 1.42 bits per heavy atom. The number of nitrogens with zero attached hydrogens (tertiary/aromatic N) is 5. The van der Waals surface area contributed by atoms with Crippen LogP contribution in [0.4, 0.5) is 29.3 Å². The number of rotatable bonds is 8. The van der Waals surface area contributed by atoms with Crippen molar-refractivity contribution in [2.75, 3.05) is 70.0 Å². The summed E-state index contributed by atoms with van der Waals surface area (Å²) < 4.78 is 41.6. The molecule has 14 heteroatoms. The highest BCUT2D eigenvalue weighted by Crippen LogP contribution is 2.39. The van der Waals surface area contributed by atoms with Crippen molar-refractivity contribution in [3.8, 4) is 0 Å². The summed E-state index contributed by atoms with van der Waals surface area (Å²) >= 11 is 6.17. The molecule has 7 rings (SSSR count). The Morgan fingerprint density at radius 3 is 2.06 bits per heavy atom. The van der Waals surface area contributed by atoms with Gasteiger partial charge in [-0.25, -0.2) is 4.79 Å². The normalized spacial score (nSPS) is 22.2. The predicted molar refractivity (Wildman–Crippen MR) is 194 cm³/mol. The molecular weight excluding hydrogens is 695 g/mol. The number of piperazine rings is 1. The van der Waals surface area contributed by atoms with E-state index < -0.39 is 23.3 Å². The van der Waals surface area contributed by atoms with Crippen molar-refractivity contribution in [1.29, 1.82) is 0 Å². The molecule has 10 nitrogen and oxygen atoms in total. The van der Waals surface area contributed by atoms with Crippen LogP contribution in [0.25, 0.3) is 0 Å². The number of hydrogen-bond acceptors (Lipinski definition) is 6. The van der Waals surface area contributed by atoms with Gasteiger partial charge in [0, 0.05) is 89.1 Å². The minimum absolute atomic E-state index is 0.0357. The zero-order valence-electron chi connectivity index (χ0n) is 29.6. The Labute approximate surface area is 308 Å². The summed E-state index contributed by atoms with van der Waals surface area (Å²) in [6, 6.07) is 11.1. The molecule has 1 unspecified atom stereocenters. The third kappa shape index (κ3) is 8.31. The fourth-order valence-electron chi connectivity index (χ4n) is 8.68. The molecule has 1 aliphatic carbocycles. The van der Waals surface area contributed by atoms with Crippen molar-refractivity contribution in [2.24, 2.45) is 5.92 Å². The highest BCUT2D eigenvalue weighted by Gasteiger charge is 2.38. The number of amides is 4. The molecule has 282 valence electrons. The van der Waals surface area contributed by atoms with Gasteiger partial charge >= 0.3 is 12.2 Å². The summed E-state index contributed by atoms with van der Waals surface area (Å²) in [5, 5.41) is 2.79. The second kappa shape index (κ2) is 15.4. The number of nitrogen functional groups attached to an aromatic ring is 1. The largest absolute Gasteiger partial charge is 0.418 e. The van der Waals surface area contributed by atoms with E-state index in [2.05, 4.69) is 15.1 Å². The number of likely N-dealkylation sites (tertiary alicyclic amines) is 2. The second-order valence-corrected chi connectivity index (χ2v) is 15.6. The van der Waals surface area contributed by atoms with Gasteiger partial charge in [0.15, 0.2) is 0 Å². The molecule has 4 amide bonds. The van der Waals surface area contributed by atoms with Crippen LogP contribution in [-0.4, -0.2) is 119 Å². The zero-order chi connectivity index (χ0) is 36.6. The predicted octanol–water partition coefficient (Wildman–Crippen LogP) is 5.34.